The summed E-state index contributed by atoms with van der Waals surface area (Å²) >= 11 is 0. The van der Waals surface area contributed by atoms with E-state index in [1.165, 1.54) is 21.6 Å². The van der Waals surface area contributed by atoms with E-state index in [0.29, 0.717) is 6.61 Å². The summed E-state index contributed by atoms with van der Waals surface area (Å²) in [7, 11) is 3.58. The maximum absolute atomic E-state index is 5.76. The third-order valence-electron chi connectivity index (χ3n) is 4.83. The fourth-order valence-corrected chi connectivity index (χ4v) is 6.44. The lowest BCUT2D eigenvalue weighted by molar-refractivity contribution is 0.340. The van der Waals surface area contributed by atoms with Crippen molar-refractivity contribution in [3.05, 3.63) is 57.6 Å². The minimum atomic E-state index is -0.116. The van der Waals surface area contributed by atoms with E-state index in [1.54, 1.807) is 10.3 Å². The first-order valence-corrected chi connectivity index (χ1v) is 11.5. The van der Waals surface area contributed by atoms with Crippen molar-refractivity contribution in [3.8, 4) is 16.9 Å². The fraction of sp³-hybridized carbons (Fsp3) is 0.318. The molecule has 0 radical (unpaired) electrons. The second-order valence-electron chi connectivity index (χ2n) is 7.16. The van der Waals surface area contributed by atoms with E-state index < -0.39 is 0 Å². The number of aryl methyl sites for hydroxylation is 1. The molecule has 0 atom stereocenters. The number of benzene rings is 2. The van der Waals surface area contributed by atoms with Gasteiger partial charge in [-0.1, -0.05) is 45.8 Å². The van der Waals surface area contributed by atoms with Gasteiger partial charge in [-0.05, 0) is 57.0 Å². The number of ether oxygens (including phenoxy) is 1. The predicted molar refractivity (Wildman–Crippen MR) is 116 cm³/mol. The number of anilines is 1. The van der Waals surface area contributed by atoms with E-state index in [1.807, 2.05) is 23.3 Å². The molecule has 3 nitrogen and oxygen atoms in total. The Morgan fingerprint density at radius 2 is 1.89 bits per heavy atom. The minimum absolute atomic E-state index is 0.116. The van der Waals surface area contributed by atoms with Crippen molar-refractivity contribution in [2.75, 3.05) is 11.9 Å². The summed E-state index contributed by atoms with van der Waals surface area (Å²) in [6, 6.07) is 14.7. The van der Waals surface area contributed by atoms with Gasteiger partial charge in [0.1, 0.15) is 10.4 Å². The standard InChI is InChI=1S/C22H24N2OS2/c1-5-14-9-7-8-10-17(14)23-21-19-16-13-15(25-6-2)11-12-18(16)24-22(3,4)20(19)26-27-21/h7-13,24H,5-6H2,1-4H3. The number of hydrogen-bond donors (Lipinski definition) is 1. The molecule has 5 heteroatoms. The van der Waals surface area contributed by atoms with E-state index in [2.05, 4.69) is 62.5 Å². The molecule has 1 N–H and O–H groups in total. The highest BCUT2D eigenvalue weighted by Crippen LogP contribution is 2.46. The second-order valence-corrected chi connectivity index (χ2v) is 9.29. The van der Waals surface area contributed by atoms with Crippen LogP contribution in [-0.2, 0) is 12.0 Å². The Hall–Kier alpha value is -2.11. The summed E-state index contributed by atoms with van der Waals surface area (Å²) in [5.41, 5.74) is 5.80. The van der Waals surface area contributed by atoms with Gasteiger partial charge in [-0.2, -0.15) is 0 Å². The van der Waals surface area contributed by atoms with Crippen LogP contribution in [0.3, 0.4) is 0 Å². The summed E-state index contributed by atoms with van der Waals surface area (Å²) in [5.74, 6) is 0.903. The number of hydrogen-bond acceptors (Lipinski definition) is 5. The zero-order valence-corrected chi connectivity index (χ0v) is 17.8. The van der Waals surface area contributed by atoms with Gasteiger partial charge >= 0.3 is 0 Å². The quantitative estimate of drug-likeness (QED) is 0.523. The number of rotatable bonds is 4. The molecule has 1 aliphatic rings. The van der Waals surface area contributed by atoms with Crippen LogP contribution < -0.4 is 14.7 Å². The van der Waals surface area contributed by atoms with Crippen LogP contribution in [0, 0.1) is 0 Å². The monoisotopic (exact) mass is 396 g/mol. The Labute approximate surface area is 167 Å². The molecule has 140 valence electrons. The van der Waals surface area contributed by atoms with Crippen LogP contribution in [0.5, 0.6) is 5.75 Å². The molecule has 0 bridgehead atoms. The average Bonchev–Trinajstić information content (AvgIpc) is 3.08. The van der Waals surface area contributed by atoms with Crippen molar-refractivity contribution in [1.82, 2.24) is 0 Å². The molecule has 0 fully saturated rings. The van der Waals surface area contributed by atoms with Gasteiger partial charge in [0, 0.05) is 16.8 Å². The van der Waals surface area contributed by atoms with Gasteiger partial charge < -0.3 is 10.1 Å². The minimum Gasteiger partial charge on any atom is -0.494 e. The maximum atomic E-state index is 5.76. The largest absolute Gasteiger partial charge is 0.494 e. The summed E-state index contributed by atoms with van der Waals surface area (Å²) < 4.78 is 6.84. The molecule has 2 aromatic carbocycles. The first-order chi connectivity index (χ1) is 13.0. The van der Waals surface area contributed by atoms with Gasteiger partial charge in [0.15, 0.2) is 0 Å². The molecule has 3 aromatic rings. The summed E-state index contributed by atoms with van der Waals surface area (Å²) in [6.45, 7) is 9.33. The maximum Gasteiger partial charge on any atom is 0.135 e. The summed E-state index contributed by atoms with van der Waals surface area (Å²) in [5, 5.41) is 3.68. The van der Waals surface area contributed by atoms with Crippen molar-refractivity contribution in [2.45, 2.75) is 39.7 Å². The molecule has 1 aliphatic heterocycles. The van der Waals surface area contributed by atoms with E-state index >= 15 is 0 Å². The molecule has 0 spiro atoms. The van der Waals surface area contributed by atoms with Crippen LogP contribution in [0.2, 0.25) is 0 Å². The van der Waals surface area contributed by atoms with Crippen molar-refractivity contribution in [2.24, 2.45) is 4.99 Å². The molecule has 4 rings (SSSR count). The van der Waals surface area contributed by atoms with Crippen LogP contribution in [0.25, 0.3) is 11.1 Å². The zero-order chi connectivity index (χ0) is 19.0. The van der Waals surface area contributed by atoms with Crippen molar-refractivity contribution < 1.29 is 4.74 Å². The van der Waals surface area contributed by atoms with Crippen molar-refractivity contribution >= 4 is 32.1 Å². The molecule has 0 saturated carbocycles. The Bertz CT molecular complexity index is 1050. The highest BCUT2D eigenvalue weighted by atomic mass is 32.9. The molecule has 2 heterocycles. The van der Waals surface area contributed by atoms with Crippen LogP contribution in [-0.4, -0.2) is 6.61 Å². The van der Waals surface area contributed by atoms with Gasteiger partial charge in [-0.3, -0.25) is 0 Å². The zero-order valence-electron chi connectivity index (χ0n) is 16.1. The first-order valence-electron chi connectivity index (χ1n) is 9.35. The van der Waals surface area contributed by atoms with Crippen LogP contribution in [0.1, 0.15) is 38.1 Å². The number of nitrogens with one attached hydrogen (secondary N) is 1. The lowest BCUT2D eigenvalue weighted by Gasteiger charge is -2.33. The number of fused-ring (bicyclic) bond motifs is 3. The number of para-hydroxylation sites is 1. The van der Waals surface area contributed by atoms with Crippen molar-refractivity contribution in [1.29, 1.82) is 0 Å². The van der Waals surface area contributed by atoms with Gasteiger partial charge in [-0.15, -0.1) is 0 Å². The lowest BCUT2D eigenvalue weighted by atomic mass is 9.90. The average molecular weight is 397 g/mol. The third kappa shape index (κ3) is 3.30. The molecule has 0 amide bonds. The fourth-order valence-electron chi connectivity index (χ4n) is 3.51. The number of nitrogens with zero attached hydrogens (tertiary/aromatic N) is 1. The molecular formula is C22H24N2OS2. The summed E-state index contributed by atoms with van der Waals surface area (Å²) in [6.07, 6.45) is 0.981. The van der Waals surface area contributed by atoms with E-state index in [9.17, 15) is 0 Å². The molecule has 0 saturated heterocycles. The Morgan fingerprint density at radius 3 is 2.67 bits per heavy atom. The Kier molecular flexibility index (Phi) is 4.82. The van der Waals surface area contributed by atoms with Crippen LogP contribution >= 0.6 is 20.7 Å². The SMILES string of the molecule is CCOc1ccc2c(c1)-c1c(ssc1=Nc1ccccc1CC)C(C)(C)N2. The third-order valence-corrected chi connectivity index (χ3v) is 7.47. The van der Waals surface area contributed by atoms with E-state index in [0.717, 1.165) is 28.2 Å². The predicted octanol–water partition coefficient (Wildman–Crippen LogP) is 6.33. The van der Waals surface area contributed by atoms with Gasteiger partial charge in [0.2, 0.25) is 0 Å². The van der Waals surface area contributed by atoms with Gasteiger partial charge in [-0.25, -0.2) is 4.99 Å². The highest BCUT2D eigenvalue weighted by molar-refractivity contribution is 7.68. The smallest absolute Gasteiger partial charge is 0.135 e. The lowest BCUT2D eigenvalue weighted by Crippen LogP contribution is -2.31. The Balaban J connectivity index is 1.96. The second kappa shape index (κ2) is 7.13. The van der Waals surface area contributed by atoms with Gasteiger partial charge in [0.25, 0.3) is 0 Å². The molecule has 27 heavy (non-hydrogen) atoms. The Morgan fingerprint density at radius 1 is 1.07 bits per heavy atom. The molecule has 0 aliphatic carbocycles. The summed E-state index contributed by atoms with van der Waals surface area (Å²) in [4.78, 5) is 6.42. The van der Waals surface area contributed by atoms with Crippen LogP contribution in [0.15, 0.2) is 47.5 Å². The molecule has 0 unspecified atom stereocenters. The normalized spacial score (nSPS) is 15.0. The molecule has 1 aromatic heterocycles. The highest BCUT2D eigenvalue weighted by Gasteiger charge is 2.33. The van der Waals surface area contributed by atoms with Crippen molar-refractivity contribution in [3.63, 3.8) is 0 Å². The first kappa shape index (κ1) is 18.3. The van der Waals surface area contributed by atoms with Crippen LogP contribution in [0.4, 0.5) is 11.4 Å². The van der Waals surface area contributed by atoms with Gasteiger partial charge in [0.05, 0.1) is 22.7 Å². The van der Waals surface area contributed by atoms with E-state index in [-0.39, 0.29) is 5.54 Å². The molecular weight excluding hydrogens is 372 g/mol. The topological polar surface area (TPSA) is 33.6 Å². The van der Waals surface area contributed by atoms with E-state index in [4.69, 9.17) is 9.73 Å².